The Kier molecular flexibility index (Phi) is 3.39. The van der Waals surface area contributed by atoms with Crippen molar-refractivity contribution >= 4 is 29.6 Å². The van der Waals surface area contributed by atoms with Gasteiger partial charge in [0.05, 0.1) is 0 Å². The van der Waals surface area contributed by atoms with E-state index in [0.29, 0.717) is 16.8 Å². The lowest BCUT2D eigenvalue weighted by Crippen LogP contribution is -2.52. The van der Waals surface area contributed by atoms with Gasteiger partial charge in [0.1, 0.15) is 0 Å². The fourth-order valence-corrected chi connectivity index (χ4v) is 2.40. The van der Waals surface area contributed by atoms with Gasteiger partial charge in [-0.1, -0.05) is 11.6 Å². The number of aromatic nitrogens is 2. The maximum atomic E-state index is 5.94. The summed E-state index contributed by atoms with van der Waals surface area (Å²) in [6.45, 7) is 0. The van der Waals surface area contributed by atoms with Crippen molar-refractivity contribution in [2.24, 2.45) is 10.1 Å². The minimum Gasteiger partial charge on any atom is -0.287 e. The molecule has 0 saturated carbocycles. The van der Waals surface area contributed by atoms with Gasteiger partial charge in [-0.3, -0.25) is 9.84 Å². The molecule has 0 N–H and O–H groups in total. The van der Waals surface area contributed by atoms with E-state index in [2.05, 4.69) is 20.1 Å². The van der Waals surface area contributed by atoms with Gasteiger partial charge in [0.15, 0.2) is 5.84 Å². The SMILES string of the molecule is Clc1ccc(C2=NON(c3ncccn3)C3N=CC=CN23)cc1. The maximum absolute atomic E-state index is 5.94. The summed E-state index contributed by atoms with van der Waals surface area (Å²) in [5, 5.41) is 6.30. The molecular formula is C15H11ClN6O. The fraction of sp³-hybridized carbons (Fsp3) is 0.0667. The van der Waals surface area contributed by atoms with Crippen molar-refractivity contribution in [3.8, 4) is 0 Å². The number of benzene rings is 1. The van der Waals surface area contributed by atoms with Crippen LogP contribution in [-0.4, -0.2) is 33.2 Å². The molecule has 0 amide bonds. The molecule has 3 heterocycles. The lowest BCUT2D eigenvalue weighted by Gasteiger charge is -2.38. The van der Waals surface area contributed by atoms with E-state index in [-0.39, 0.29) is 0 Å². The minimum absolute atomic E-state index is 0.383. The number of nitrogens with zero attached hydrogens (tertiary/aromatic N) is 6. The first-order valence-electron chi connectivity index (χ1n) is 6.88. The Morgan fingerprint density at radius 2 is 1.87 bits per heavy atom. The van der Waals surface area contributed by atoms with Crippen LogP contribution in [0.15, 0.2) is 65.1 Å². The number of oxime groups is 1. The van der Waals surface area contributed by atoms with Crippen molar-refractivity contribution in [1.29, 1.82) is 0 Å². The van der Waals surface area contributed by atoms with E-state index in [1.807, 2.05) is 29.3 Å². The molecule has 23 heavy (non-hydrogen) atoms. The smallest absolute Gasteiger partial charge is 0.265 e. The average molecular weight is 327 g/mol. The van der Waals surface area contributed by atoms with Crippen LogP contribution in [0.25, 0.3) is 0 Å². The van der Waals surface area contributed by atoms with Crippen LogP contribution in [0, 0.1) is 0 Å². The van der Waals surface area contributed by atoms with Crippen LogP contribution in [-0.2, 0) is 4.94 Å². The molecule has 2 aliphatic heterocycles. The molecule has 2 aromatic rings. The molecule has 0 spiro atoms. The van der Waals surface area contributed by atoms with Crippen molar-refractivity contribution in [2.75, 3.05) is 5.06 Å². The first kappa shape index (κ1) is 13.7. The van der Waals surface area contributed by atoms with Crippen molar-refractivity contribution in [2.45, 2.75) is 6.29 Å². The van der Waals surface area contributed by atoms with E-state index in [4.69, 9.17) is 16.5 Å². The van der Waals surface area contributed by atoms with Gasteiger partial charge in [0.2, 0.25) is 6.29 Å². The first-order valence-corrected chi connectivity index (χ1v) is 7.26. The summed E-state index contributed by atoms with van der Waals surface area (Å²) in [6, 6.07) is 9.10. The van der Waals surface area contributed by atoms with E-state index in [9.17, 15) is 0 Å². The second-order valence-electron chi connectivity index (χ2n) is 4.77. The summed E-state index contributed by atoms with van der Waals surface area (Å²) in [6.07, 6.45) is 8.21. The summed E-state index contributed by atoms with van der Waals surface area (Å²) in [5.74, 6) is 1.01. The van der Waals surface area contributed by atoms with Crippen LogP contribution in [0.1, 0.15) is 5.56 Å². The van der Waals surface area contributed by atoms with E-state index in [1.165, 1.54) is 5.06 Å². The molecule has 1 aromatic heterocycles. The van der Waals surface area contributed by atoms with Gasteiger partial charge in [-0.05, 0) is 41.6 Å². The second kappa shape index (κ2) is 5.69. The van der Waals surface area contributed by atoms with Gasteiger partial charge in [-0.25, -0.2) is 15.0 Å². The molecule has 0 aliphatic carbocycles. The molecule has 0 radical (unpaired) electrons. The molecule has 2 aliphatic rings. The van der Waals surface area contributed by atoms with Gasteiger partial charge in [0.25, 0.3) is 5.95 Å². The molecular weight excluding hydrogens is 316 g/mol. The third-order valence-corrected chi connectivity index (χ3v) is 3.57. The highest BCUT2D eigenvalue weighted by Crippen LogP contribution is 2.25. The Balaban J connectivity index is 1.73. The summed E-state index contributed by atoms with van der Waals surface area (Å²) in [4.78, 5) is 20.2. The zero-order valence-corrected chi connectivity index (χ0v) is 12.6. The fourth-order valence-electron chi connectivity index (χ4n) is 2.28. The molecule has 1 aromatic carbocycles. The zero-order valence-electron chi connectivity index (χ0n) is 11.8. The molecule has 0 saturated heterocycles. The predicted octanol–water partition coefficient (Wildman–Crippen LogP) is 2.43. The van der Waals surface area contributed by atoms with Crippen molar-refractivity contribution < 1.29 is 4.94 Å². The molecule has 1 atom stereocenters. The standard InChI is InChI=1S/C15H11ClN6O/c16-12-5-3-11(4-6-12)13-20-23-22(14-17-7-1-8-18-14)15-19-9-2-10-21(13)15/h1-10,15H. The second-order valence-corrected chi connectivity index (χ2v) is 5.21. The Bertz CT molecular complexity index is 789. The quantitative estimate of drug-likeness (QED) is 0.848. The third-order valence-electron chi connectivity index (χ3n) is 3.32. The Hall–Kier alpha value is -2.93. The highest BCUT2D eigenvalue weighted by atomic mass is 35.5. The van der Waals surface area contributed by atoms with Crippen LogP contribution in [0.5, 0.6) is 0 Å². The number of rotatable bonds is 2. The van der Waals surface area contributed by atoms with Gasteiger partial charge in [-0.2, -0.15) is 0 Å². The molecule has 7 nitrogen and oxygen atoms in total. The topological polar surface area (TPSA) is 66.2 Å². The number of fused-ring (bicyclic) bond motifs is 1. The summed E-state index contributed by atoms with van der Waals surface area (Å²) < 4.78 is 0. The first-order chi connectivity index (χ1) is 11.3. The highest BCUT2D eigenvalue weighted by molar-refractivity contribution is 6.30. The summed E-state index contributed by atoms with van der Waals surface area (Å²) in [7, 11) is 0. The number of hydroxylamine groups is 1. The van der Waals surface area contributed by atoms with E-state index >= 15 is 0 Å². The van der Waals surface area contributed by atoms with Crippen LogP contribution in [0.3, 0.4) is 0 Å². The number of anilines is 1. The lowest BCUT2D eigenvalue weighted by molar-refractivity contribution is 0.0422. The molecule has 1 unspecified atom stereocenters. The third kappa shape index (κ3) is 2.51. The number of hydrogen-bond donors (Lipinski definition) is 0. The molecule has 4 rings (SSSR count). The van der Waals surface area contributed by atoms with Crippen molar-refractivity contribution in [3.63, 3.8) is 0 Å². The molecule has 114 valence electrons. The average Bonchev–Trinajstić information content (AvgIpc) is 2.62. The van der Waals surface area contributed by atoms with Crippen molar-refractivity contribution in [3.05, 3.63) is 65.6 Å². The number of allylic oxidation sites excluding steroid dienone is 1. The Labute approximate surface area is 137 Å². The predicted molar refractivity (Wildman–Crippen MR) is 86.8 cm³/mol. The lowest BCUT2D eigenvalue weighted by atomic mass is 10.2. The number of hydrogen-bond acceptors (Lipinski definition) is 7. The highest BCUT2D eigenvalue weighted by Gasteiger charge is 2.35. The molecule has 0 fully saturated rings. The normalized spacial score (nSPS) is 19.2. The van der Waals surface area contributed by atoms with Gasteiger partial charge in [-0.15, -0.1) is 5.06 Å². The van der Waals surface area contributed by atoms with Crippen LogP contribution >= 0.6 is 11.6 Å². The monoisotopic (exact) mass is 326 g/mol. The summed E-state index contributed by atoms with van der Waals surface area (Å²) in [5.41, 5.74) is 0.870. The van der Waals surface area contributed by atoms with Gasteiger partial charge >= 0.3 is 0 Å². The summed E-state index contributed by atoms with van der Waals surface area (Å²) >= 11 is 5.94. The van der Waals surface area contributed by atoms with E-state index in [0.717, 1.165) is 5.56 Å². The zero-order chi connectivity index (χ0) is 15.6. The number of aliphatic imine (C=N–C) groups is 1. The minimum atomic E-state index is -0.467. The number of halogens is 1. The van der Waals surface area contributed by atoms with Gasteiger partial charge < -0.3 is 0 Å². The Morgan fingerprint density at radius 1 is 1.09 bits per heavy atom. The van der Waals surface area contributed by atoms with Crippen LogP contribution in [0.2, 0.25) is 5.02 Å². The van der Waals surface area contributed by atoms with Crippen LogP contribution in [0.4, 0.5) is 5.95 Å². The van der Waals surface area contributed by atoms with Crippen molar-refractivity contribution in [1.82, 2.24) is 14.9 Å². The van der Waals surface area contributed by atoms with E-state index in [1.54, 1.807) is 36.8 Å². The van der Waals surface area contributed by atoms with E-state index < -0.39 is 6.29 Å². The maximum Gasteiger partial charge on any atom is 0.265 e. The Morgan fingerprint density at radius 3 is 2.65 bits per heavy atom. The van der Waals surface area contributed by atoms with Gasteiger partial charge in [0, 0.05) is 35.4 Å². The largest absolute Gasteiger partial charge is 0.287 e. The molecule has 8 heteroatoms. The van der Waals surface area contributed by atoms with Crippen LogP contribution < -0.4 is 5.06 Å². The number of amidine groups is 1. The molecule has 0 bridgehead atoms.